The van der Waals surface area contributed by atoms with E-state index < -0.39 is 15.8 Å². The number of halogens is 1. The molecule has 6 nitrogen and oxygen atoms in total. The number of benzene rings is 1. The number of nitrogens with one attached hydrogen (secondary N) is 2. The molecule has 102 valence electrons. The van der Waals surface area contributed by atoms with Gasteiger partial charge in [-0.2, -0.15) is 0 Å². The number of nitrogens with zero attached hydrogens (tertiary/aromatic N) is 1. The normalized spacial score (nSPS) is 11.7. The molecule has 0 unspecified atom stereocenters. The summed E-state index contributed by atoms with van der Waals surface area (Å²) >= 11 is 0. The Morgan fingerprint density at radius 2 is 2.21 bits per heavy atom. The molecule has 1 aromatic carbocycles. The zero-order valence-corrected chi connectivity index (χ0v) is 10.7. The molecule has 1 aromatic heterocycles. The van der Waals surface area contributed by atoms with Crippen LogP contribution in [0.3, 0.4) is 0 Å². The summed E-state index contributed by atoms with van der Waals surface area (Å²) < 4.78 is 40.0. The quantitative estimate of drug-likeness (QED) is 0.743. The van der Waals surface area contributed by atoms with E-state index in [2.05, 4.69) is 14.7 Å². The highest BCUT2D eigenvalue weighted by Crippen LogP contribution is 2.18. The molecule has 0 bridgehead atoms. The fourth-order valence-corrected chi connectivity index (χ4v) is 2.88. The predicted molar refractivity (Wildman–Crippen MR) is 66.9 cm³/mol. The number of sulfonamides is 1. The second kappa shape index (κ2) is 5.47. The van der Waals surface area contributed by atoms with Crippen molar-refractivity contribution in [3.05, 3.63) is 47.8 Å². The highest BCUT2D eigenvalue weighted by molar-refractivity contribution is 7.89. The first-order valence-electron chi connectivity index (χ1n) is 5.49. The van der Waals surface area contributed by atoms with Crippen LogP contribution in [-0.4, -0.2) is 18.4 Å². The van der Waals surface area contributed by atoms with E-state index in [1.807, 2.05) is 0 Å². The van der Waals surface area contributed by atoms with Crippen molar-refractivity contribution in [2.45, 2.75) is 18.0 Å². The van der Waals surface area contributed by atoms with Crippen LogP contribution in [0.2, 0.25) is 0 Å². The summed E-state index contributed by atoms with van der Waals surface area (Å²) in [5.41, 5.74) is 5.97. The number of hydrogen-bond donors (Lipinski definition) is 3. The van der Waals surface area contributed by atoms with E-state index >= 15 is 0 Å². The van der Waals surface area contributed by atoms with Crippen molar-refractivity contribution in [3.63, 3.8) is 0 Å². The maximum absolute atomic E-state index is 13.5. The van der Waals surface area contributed by atoms with Crippen LogP contribution in [0.1, 0.15) is 11.3 Å². The summed E-state index contributed by atoms with van der Waals surface area (Å²) in [7, 11) is -3.82. The van der Waals surface area contributed by atoms with Crippen molar-refractivity contribution in [1.82, 2.24) is 14.7 Å². The van der Waals surface area contributed by atoms with Gasteiger partial charge in [-0.3, -0.25) is 0 Å². The molecule has 0 radical (unpaired) electrons. The minimum Gasteiger partial charge on any atom is -0.347 e. The SMILES string of the molecule is NCc1c(F)cccc1S(=O)(=O)NCc1cnc[nH]1. The van der Waals surface area contributed by atoms with Crippen LogP contribution < -0.4 is 10.5 Å². The summed E-state index contributed by atoms with van der Waals surface area (Å²) in [6, 6.07) is 3.83. The van der Waals surface area contributed by atoms with E-state index in [4.69, 9.17) is 5.73 Å². The zero-order chi connectivity index (χ0) is 13.9. The molecule has 2 aromatic rings. The number of aromatic amines is 1. The number of rotatable bonds is 5. The third kappa shape index (κ3) is 2.98. The van der Waals surface area contributed by atoms with Crippen LogP contribution in [0.25, 0.3) is 0 Å². The van der Waals surface area contributed by atoms with Gasteiger partial charge < -0.3 is 10.7 Å². The number of hydrogen-bond acceptors (Lipinski definition) is 4. The minimum atomic E-state index is -3.82. The van der Waals surface area contributed by atoms with Gasteiger partial charge in [-0.25, -0.2) is 22.5 Å². The van der Waals surface area contributed by atoms with Gasteiger partial charge in [0.1, 0.15) is 5.82 Å². The number of H-pyrrole nitrogens is 1. The number of imidazole rings is 1. The van der Waals surface area contributed by atoms with E-state index in [1.165, 1.54) is 30.7 Å². The molecule has 0 amide bonds. The highest BCUT2D eigenvalue weighted by atomic mass is 32.2. The Balaban J connectivity index is 2.27. The minimum absolute atomic E-state index is 0.0281. The van der Waals surface area contributed by atoms with Gasteiger partial charge in [-0.15, -0.1) is 0 Å². The van der Waals surface area contributed by atoms with Crippen molar-refractivity contribution in [2.24, 2.45) is 5.73 Å². The standard InChI is InChI=1S/C11H13FN4O2S/c12-10-2-1-3-11(9(10)4-13)19(17,18)16-6-8-5-14-7-15-8/h1-3,5,7,16H,4,6,13H2,(H,14,15). The maximum Gasteiger partial charge on any atom is 0.241 e. The first-order valence-corrected chi connectivity index (χ1v) is 6.97. The topological polar surface area (TPSA) is 101 Å². The maximum atomic E-state index is 13.5. The van der Waals surface area contributed by atoms with Crippen LogP contribution in [-0.2, 0) is 23.1 Å². The molecule has 2 rings (SSSR count). The van der Waals surface area contributed by atoms with Crippen molar-refractivity contribution in [3.8, 4) is 0 Å². The second-order valence-corrected chi connectivity index (χ2v) is 5.56. The van der Waals surface area contributed by atoms with Crippen LogP contribution in [0, 0.1) is 5.82 Å². The highest BCUT2D eigenvalue weighted by Gasteiger charge is 2.20. The van der Waals surface area contributed by atoms with Crippen LogP contribution in [0.15, 0.2) is 35.6 Å². The Morgan fingerprint density at radius 3 is 2.84 bits per heavy atom. The van der Waals surface area contributed by atoms with Gasteiger partial charge in [0, 0.05) is 24.0 Å². The summed E-state index contributed by atoms with van der Waals surface area (Å²) in [4.78, 5) is 6.39. The Hall–Kier alpha value is -1.77. The molecular formula is C11H13FN4O2S. The van der Waals surface area contributed by atoms with Crippen LogP contribution >= 0.6 is 0 Å². The molecule has 0 spiro atoms. The summed E-state index contributed by atoms with van der Waals surface area (Å²) in [6.07, 6.45) is 2.94. The molecule has 0 aliphatic heterocycles. The van der Waals surface area contributed by atoms with E-state index in [0.717, 1.165) is 0 Å². The molecule has 0 aliphatic rings. The van der Waals surface area contributed by atoms with Gasteiger partial charge in [0.2, 0.25) is 10.0 Å². The van der Waals surface area contributed by atoms with Crippen LogP contribution in [0.4, 0.5) is 4.39 Å². The Morgan fingerprint density at radius 1 is 1.42 bits per heavy atom. The van der Waals surface area contributed by atoms with E-state index in [1.54, 1.807) is 0 Å². The van der Waals surface area contributed by atoms with Gasteiger partial charge in [0.15, 0.2) is 0 Å². The van der Waals surface area contributed by atoms with Gasteiger partial charge in [0.05, 0.1) is 17.8 Å². The van der Waals surface area contributed by atoms with Crippen molar-refractivity contribution in [2.75, 3.05) is 0 Å². The van der Waals surface area contributed by atoms with Gasteiger partial charge in [-0.05, 0) is 12.1 Å². The number of aromatic nitrogens is 2. The first-order chi connectivity index (χ1) is 9.04. The molecule has 0 atom stereocenters. The average molecular weight is 284 g/mol. The second-order valence-electron chi connectivity index (χ2n) is 3.82. The van der Waals surface area contributed by atoms with Crippen molar-refractivity contribution >= 4 is 10.0 Å². The first kappa shape index (κ1) is 13.7. The molecule has 0 aliphatic carbocycles. The fourth-order valence-electron chi connectivity index (χ4n) is 1.62. The Bertz CT molecular complexity index is 655. The fraction of sp³-hybridized carbons (Fsp3) is 0.182. The monoisotopic (exact) mass is 284 g/mol. The zero-order valence-electron chi connectivity index (χ0n) is 9.93. The molecule has 8 heteroatoms. The third-order valence-electron chi connectivity index (χ3n) is 2.58. The van der Waals surface area contributed by atoms with Gasteiger partial charge in [0.25, 0.3) is 0 Å². The predicted octanol–water partition coefficient (Wildman–Crippen LogP) is 0.486. The van der Waals surface area contributed by atoms with Gasteiger partial charge in [-0.1, -0.05) is 6.07 Å². The molecule has 0 fully saturated rings. The Labute approximate surface area is 109 Å². The molecule has 4 N–H and O–H groups in total. The molecular weight excluding hydrogens is 271 g/mol. The summed E-state index contributed by atoms with van der Waals surface area (Å²) in [5.74, 6) is -0.632. The van der Waals surface area contributed by atoms with Crippen LogP contribution in [0.5, 0.6) is 0 Å². The molecule has 0 saturated heterocycles. The van der Waals surface area contributed by atoms with E-state index in [9.17, 15) is 12.8 Å². The lowest BCUT2D eigenvalue weighted by Gasteiger charge is -2.10. The summed E-state index contributed by atoms with van der Waals surface area (Å²) in [6.45, 7) is -0.143. The lowest BCUT2D eigenvalue weighted by Crippen LogP contribution is -2.25. The summed E-state index contributed by atoms with van der Waals surface area (Å²) in [5, 5.41) is 0. The lowest BCUT2D eigenvalue weighted by atomic mass is 10.2. The van der Waals surface area contributed by atoms with Crippen molar-refractivity contribution in [1.29, 1.82) is 0 Å². The van der Waals surface area contributed by atoms with Crippen molar-refractivity contribution < 1.29 is 12.8 Å². The molecule has 19 heavy (non-hydrogen) atoms. The van der Waals surface area contributed by atoms with E-state index in [0.29, 0.717) is 5.69 Å². The third-order valence-corrected chi connectivity index (χ3v) is 4.06. The van der Waals surface area contributed by atoms with Gasteiger partial charge >= 0.3 is 0 Å². The molecule has 0 saturated carbocycles. The average Bonchev–Trinajstić information content (AvgIpc) is 2.89. The van der Waals surface area contributed by atoms with E-state index in [-0.39, 0.29) is 23.5 Å². The largest absolute Gasteiger partial charge is 0.347 e. The lowest BCUT2D eigenvalue weighted by molar-refractivity contribution is 0.570. The smallest absolute Gasteiger partial charge is 0.241 e. The molecule has 1 heterocycles. The number of nitrogens with two attached hydrogens (primary N) is 1. The Kier molecular flexibility index (Phi) is 3.93.